The Morgan fingerprint density at radius 2 is 1.55 bits per heavy atom. The van der Waals surface area contributed by atoms with Crippen LogP contribution in [0.25, 0.3) is 0 Å². The van der Waals surface area contributed by atoms with Gasteiger partial charge in [0.2, 0.25) is 0 Å². The van der Waals surface area contributed by atoms with Crippen molar-refractivity contribution in [2.45, 2.75) is 74.9 Å². The first-order valence-corrected chi connectivity index (χ1v) is 13.3. The lowest BCUT2D eigenvalue weighted by Crippen LogP contribution is -2.58. The van der Waals surface area contributed by atoms with Crippen LogP contribution in [-0.2, 0) is 16.6 Å². The molecule has 2 aliphatic rings. The van der Waals surface area contributed by atoms with Crippen molar-refractivity contribution in [3.63, 3.8) is 0 Å². The standard InChI is InChI=1S/C26H41N3O3S/c1-24(2,3)21-20-16-28(15-18-11-13-19(32-10)14-12-18)17-33(30,31)29(20)23(26(7,8)9)27-22(21)25(4,5)6/h11-14,16,21-22H,15,17H2,1-10H3. The zero-order valence-corrected chi connectivity index (χ0v) is 22.7. The van der Waals surface area contributed by atoms with Crippen molar-refractivity contribution in [3.05, 3.63) is 41.7 Å². The summed E-state index contributed by atoms with van der Waals surface area (Å²) in [6.07, 6.45) is 2.07. The number of ether oxygens (including phenoxy) is 1. The Kier molecular flexibility index (Phi) is 6.46. The second kappa shape index (κ2) is 8.33. The van der Waals surface area contributed by atoms with E-state index >= 15 is 0 Å². The van der Waals surface area contributed by atoms with E-state index in [1.165, 1.54) is 0 Å². The number of nitrogens with zero attached hydrogens (tertiary/aromatic N) is 3. The van der Waals surface area contributed by atoms with E-state index in [9.17, 15) is 8.42 Å². The number of hydrogen-bond acceptors (Lipinski definition) is 5. The summed E-state index contributed by atoms with van der Waals surface area (Å²) in [5.74, 6) is 1.30. The molecule has 2 heterocycles. The van der Waals surface area contributed by atoms with Gasteiger partial charge < -0.3 is 9.64 Å². The maximum absolute atomic E-state index is 13.7. The highest BCUT2D eigenvalue weighted by Crippen LogP contribution is 2.49. The van der Waals surface area contributed by atoms with Crippen molar-refractivity contribution in [1.29, 1.82) is 0 Å². The van der Waals surface area contributed by atoms with E-state index in [0.29, 0.717) is 12.4 Å². The van der Waals surface area contributed by atoms with Crippen molar-refractivity contribution in [3.8, 4) is 5.75 Å². The van der Waals surface area contributed by atoms with Crippen LogP contribution in [0.15, 0.2) is 41.2 Å². The summed E-state index contributed by atoms with van der Waals surface area (Å²) >= 11 is 0. The molecule has 2 unspecified atom stereocenters. The number of amidine groups is 1. The highest BCUT2D eigenvalue weighted by molar-refractivity contribution is 7.89. The van der Waals surface area contributed by atoms with Crippen molar-refractivity contribution >= 4 is 15.9 Å². The van der Waals surface area contributed by atoms with E-state index in [1.54, 1.807) is 11.4 Å². The van der Waals surface area contributed by atoms with Crippen LogP contribution < -0.4 is 4.74 Å². The van der Waals surface area contributed by atoms with Gasteiger partial charge in [0, 0.05) is 24.1 Å². The zero-order valence-electron chi connectivity index (χ0n) is 21.9. The summed E-state index contributed by atoms with van der Waals surface area (Å²) in [5, 5.41) is 0. The number of aliphatic imine (C=N–C) groups is 1. The Morgan fingerprint density at radius 1 is 0.970 bits per heavy atom. The van der Waals surface area contributed by atoms with E-state index in [0.717, 1.165) is 17.0 Å². The summed E-state index contributed by atoms with van der Waals surface area (Å²) < 4.78 is 34.3. The van der Waals surface area contributed by atoms with Crippen LogP contribution in [-0.4, -0.2) is 42.5 Å². The van der Waals surface area contributed by atoms with Crippen LogP contribution in [0, 0.1) is 22.2 Å². The lowest BCUT2D eigenvalue weighted by molar-refractivity contribution is 0.131. The van der Waals surface area contributed by atoms with Crippen molar-refractivity contribution < 1.29 is 13.2 Å². The molecule has 0 saturated heterocycles. The van der Waals surface area contributed by atoms with Gasteiger partial charge in [0.25, 0.3) is 10.0 Å². The van der Waals surface area contributed by atoms with Gasteiger partial charge in [-0.05, 0) is 28.5 Å². The number of sulfonamides is 1. The van der Waals surface area contributed by atoms with Crippen LogP contribution in [0.5, 0.6) is 5.75 Å². The highest BCUT2D eigenvalue weighted by atomic mass is 32.2. The van der Waals surface area contributed by atoms with Gasteiger partial charge in [0.05, 0.1) is 18.8 Å². The lowest BCUT2D eigenvalue weighted by atomic mass is 9.66. The van der Waals surface area contributed by atoms with Crippen molar-refractivity contribution in [2.75, 3.05) is 13.0 Å². The van der Waals surface area contributed by atoms with Gasteiger partial charge in [-0.2, -0.15) is 0 Å². The summed E-state index contributed by atoms with van der Waals surface area (Å²) in [5.41, 5.74) is 1.17. The van der Waals surface area contributed by atoms with Crippen LogP contribution in [0.2, 0.25) is 0 Å². The lowest BCUT2D eigenvalue weighted by Gasteiger charge is -2.52. The molecule has 3 rings (SSSR count). The molecule has 0 N–H and O–H groups in total. The molecule has 33 heavy (non-hydrogen) atoms. The molecule has 0 amide bonds. The fourth-order valence-corrected chi connectivity index (χ4v) is 6.52. The Hall–Kier alpha value is -2.02. The predicted molar refractivity (Wildman–Crippen MR) is 135 cm³/mol. The average Bonchev–Trinajstić information content (AvgIpc) is 2.64. The third kappa shape index (κ3) is 5.23. The third-order valence-corrected chi connectivity index (χ3v) is 7.88. The minimum absolute atomic E-state index is 0.0367. The fourth-order valence-electron chi connectivity index (χ4n) is 4.75. The van der Waals surface area contributed by atoms with Gasteiger partial charge in [-0.1, -0.05) is 74.4 Å². The summed E-state index contributed by atoms with van der Waals surface area (Å²) in [6, 6.07) is 7.75. The number of methoxy groups -OCH3 is 1. The molecular weight excluding hydrogens is 434 g/mol. The largest absolute Gasteiger partial charge is 0.497 e. The van der Waals surface area contributed by atoms with Gasteiger partial charge in [-0.3, -0.25) is 4.99 Å². The molecule has 1 aromatic rings. The van der Waals surface area contributed by atoms with E-state index < -0.39 is 15.4 Å². The second-order valence-electron chi connectivity index (χ2n) is 12.5. The molecule has 0 fully saturated rings. The molecule has 0 aromatic heterocycles. The molecule has 0 aliphatic carbocycles. The Morgan fingerprint density at radius 3 is 2.00 bits per heavy atom. The number of hydrogen-bond donors (Lipinski definition) is 0. The van der Waals surface area contributed by atoms with Gasteiger partial charge in [-0.25, -0.2) is 12.7 Å². The topological polar surface area (TPSA) is 62.2 Å². The minimum atomic E-state index is -3.62. The van der Waals surface area contributed by atoms with E-state index in [1.807, 2.05) is 49.9 Å². The number of fused-ring (bicyclic) bond motifs is 1. The molecule has 0 saturated carbocycles. The summed E-state index contributed by atoms with van der Waals surface area (Å²) in [7, 11) is -1.98. The van der Waals surface area contributed by atoms with Crippen molar-refractivity contribution in [2.24, 2.45) is 27.2 Å². The molecule has 0 spiro atoms. The molecule has 2 aliphatic heterocycles. The van der Waals surface area contributed by atoms with Gasteiger partial charge in [-0.15, -0.1) is 0 Å². The fraction of sp³-hybridized carbons (Fsp3) is 0.654. The van der Waals surface area contributed by atoms with Crippen molar-refractivity contribution in [1.82, 2.24) is 9.21 Å². The first-order valence-electron chi connectivity index (χ1n) is 11.6. The Balaban J connectivity index is 2.18. The van der Waals surface area contributed by atoms with Gasteiger partial charge in [0.1, 0.15) is 17.5 Å². The predicted octanol–water partition coefficient (Wildman–Crippen LogP) is 5.48. The maximum Gasteiger partial charge on any atom is 0.258 e. The first-order chi connectivity index (χ1) is 14.9. The number of benzene rings is 1. The van der Waals surface area contributed by atoms with Crippen LogP contribution >= 0.6 is 0 Å². The normalized spacial score (nSPS) is 23.6. The van der Waals surface area contributed by atoms with Crippen LogP contribution in [0.3, 0.4) is 0 Å². The number of rotatable bonds is 3. The summed E-state index contributed by atoms with van der Waals surface area (Å²) in [6.45, 7) is 19.8. The first kappa shape index (κ1) is 25.6. The zero-order chi connectivity index (χ0) is 25.0. The minimum Gasteiger partial charge on any atom is -0.497 e. The molecule has 0 bridgehead atoms. The quantitative estimate of drug-likeness (QED) is 0.581. The van der Waals surface area contributed by atoms with Crippen LogP contribution in [0.1, 0.15) is 67.9 Å². The second-order valence-corrected chi connectivity index (χ2v) is 14.3. The highest BCUT2D eigenvalue weighted by Gasteiger charge is 2.52. The average molecular weight is 476 g/mol. The maximum atomic E-state index is 13.7. The van der Waals surface area contributed by atoms with E-state index in [4.69, 9.17) is 9.73 Å². The van der Waals surface area contributed by atoms with Crippen LogP contribution in [0.4, 0.5) is 0 Å². The molecular formula is C26H41N3O3S. The summed E-state index contributed by atoms with van der Waals surface area (Å²) in [4.78, 5) is 7.09. The molecule has 6 nitrogen and oxygen atoms in total. The molecule has 7 heteroatoms. The van der Waals surface area contributed by atoms with E-state index in [-0.39, 0.29) is 28.7 Å². The Labute approximate surface area is 200 Å². The molecule has 1 aromatic carbocycles. The Bertz CT molecular complexity index is 1040. The van der Waals surface area contributed by atoms with E-state index in [2.05, 4.69) is 47.7 Å². The smallest absolute Gasteiger partial charge is 0.258 e. The molecule has 2 atom stereocenters. The molecule has 0 radical (unpaired) electrons. The third-order valence-electron chi connectivity index (χ3n) is 6.28. The van der Waals surface area contributed by atoms with Gasteiger partial charge in [0.15, 0.2) is 0 Å². The molecule has 184 valence electrons. The SMILES string of the molecule is COc1ccc(CN2C=C3C(C(C)(C)C)C(C(C)(C)C)N=C(C(C)(C)C)N3S(=O)(=O)C2)cc1. The van der Waals surface area contributed by atoms with Gasteiger partial charge >= 0.3 is 0 Å². The monoisotopic (exact) mass is 475 g/mol.